The summed E-state index contributed by atoms with van der Waals surface area (Å²) in [6.07, 6.45) is 1.96. The third-order valence-electron chi connectivity index (χ3n) is 5.26. The molecular weight excluding hydrogens is 326 g/mol. The van der Waals surface area contributed by atoms with Gasteiger partial charge in [0.05, 0.1) is 11.0 Å². The first-order chi connectivity index (χ1) is 12.6. The number of rotatable bonds is 3. The van der Waals surface area contributed by atoms with Crippen molar-refractivity contribution in [1.29, 1.82) is 0 Å². The first-order valence-corrected chi connectivity index (χ1v) is 9.11. The molecule has 1 saturated heterocycles. The van der Waals surface area contributed by atoms with Crippen LogP contribution in [0.15, 0.2) is 53.3 Å². The summed E-state index contributed by atoms with van der Waals surface area (Å²) in [6.45, 7) is 2.23. The second kappa shape index (κ2) is 6.92. The number of hydrogen-bond acceptors (Lipinski definition) is 3. The zero-order valence-corrected chi connectivity index (χ0v) is 14.9. The topological polar surface area (TPSA) is 54.3 Å². The number of carbonyl (C=O) groups excluding carboxylic acids is 1. The van der Waals surface area contributed by atoms with Crippen LogP contribution in [0.2, 0.25) is 0 Å². The number of nitrogens with one attached hydrogen (secondary N) is 1. The van der Waals surface area contributed by atoms with Gasteiger partial charge in [0.15, 0.2) is 5.43 Å². The summed E-state index contributed by atoms with van der Waals surface area (Å²) in [5.41, 5.74) is 1.62. The first kappa shape index (κ1) is 16.8. The van der Waals surface area contributed by atoms with Crippen LogP contribution < -0.4 is 10.7 Å². The molecule has 0 bridgehead atoms. The fraction of sp³-hybridized carbons (Fsp3) is 0.333. The van der Waals surface area contributed by atoms with Crippen LogP contribution in [-0.2, 0) is 11.3 Å². The maximum absolute atomic E-state index is 12.8. The first-order valence-electron chi connectivity index (χ1n) is 9.11. The highest BCUT2D eigenvalue weighted by atomic mass is 16.2. The normalized spacial score (nSPS) is 16.2. The zero-order chi connectivity index (χ0) is 18.1. The average molecular weight is 349 g/mol. The van der Waals surface area contributed by atoms with Gasteiger partial charge in [-0.15, -0.1) is 0 Å². The van der Waals surface area contributed by atoms with Crippen LogP contribution in [0.3, 0.4) is 0 Å². The number of pyridine rings is 1. The lowest BCUT2D eigenvalue weighted by Crippen LogP contribution is -2.44. The smallest absolute Gasteiger partial charge is 0.240 e. The Hall–Kier alpha value is -2.66. The number of amides is 1. The molecule has 0 unspecified atom stereocenters. The maximum atomic E-state index is 12.8. The fourth-order valence-electron chi connectivity index (χ4n) is 3.82. The molecule has 1 N–H and O–H groups in total. The molecule has 2 heterocycles. The predicted molar refractivity (Wildman–Crippen MR) is 104 cm³/mol. The van der Waals surface area contributed by atoms with Gasteiger partial charge in [-0.2, -0.15) is 0 Å². The van der Waals surface area contributed by atoms with Gasteiger partial charge in [0, 0.05) is 16.8 Å². The summed E-state index contributed by atoms with van der Waals surface area (Å²) < 4.78 is 1.95. The van der Waals surface area contributed by atoms with E-state index in [0.717, 1.165) is 37.0 Å². The highest BCUT2D eigenvalue weighted by Crippen LogP contribution is 2.19. The van der Waals surface area contributed by atoms with Gasteiger partial charge in [-0.3, -0.25) is 9.59 Å². The molecule has 2 aromatic carbocycles. The van der Waals surface area contributed by atoms with Crippen LogP contribution in [0.1, 0.15) is 12.8 Å². The van der Waals surface area contributed by atoms with Crippen LogP contribution in [0.25, 0.3) is 21.8 Å². The van der Waals surface area contributed by atoms with Crippen molar-refractivity contribution in [3.05, 3.63) is 58.8 Å². The summed E-state index contributed by atoms with van der Waals surface area (Å²) in [4.78, 5) is 27.7. The summed E-state index contributed by atoms with van der Waals surface area (Å²) in [6, 6.07) is 15.2. The Bertz CT molecular complexity index is 957. The molecule has 1 amide bonds. The standard InChI is InChI=1S/C21H23N3O2/c1-23-12-10-15(11-13-23)22-20(25)14-24-18-8-4-2-6-16(18)21(26)17-7-3-5-9-19(17)24/h2-9,15H,10-14H2,1H3,(H,22,25). The largest absolute Gasteiger partial charge is 0.352 e. The van der Waals surface area contributed by atoms with E-state index in [1.807, 2.05) is 53.1 Å². The van der Waals surface area contributed by atoms with Gasteiger partial charge in [0.1, 0.15) is 6.54 Å². The van der Waals surface area contributed by atoms with Gasteiger partial charge in [0.2, 0.25) is 5.91 Å². The molecule has 0 radical (unpaired) electrons. The van der Waals surface area contributed by atoms with E-state index in [4.69, 9.17) is 0 Å². The Morgan fingerprint density at radius 1 is 1.00 bits per heavy atom. The lowest BCUT2D eigenvalue weighted by Gasteiger charge is -2.29. The van der Waals surface area contributed by atoms with Crippen LogP contribution in [0, 0.1) is 0 Å². The molecule has 0 saturated carbocycles. The molecule has 0 spiro atoms. The Balaban J connectivity index is 1.70. The Labute approximate surface area is 152 Å². The van der Waals surface area contributed by atoms with E-state index in [0.29, 0.717) is 10.8 Å². The van der Waals surface area contributed by atoms with E-state index in [2.05, 4.69) is 17.3 Å². The Morgan fingerprint density at radius 2 is 1.54 bits per heavy atom. The molecule has 5 heteroatoms. The molecular formula is C21H23N3O2. The molecule has 4 rings (SSSR count). The quantitative estimate of drug-likeness (QED) is 0.739. The number of nitrogens with zero attached hydrogens (tertiary/aromatic N) is 2. The molecule has 1 fully saturated rings. The van der Waals surface area contributed by atoms with Gasteiger partial charge in [-0.1, -0.05) is 24.3 Å². The maximum Gasteiger partial charge on any atom is 0.240 e. The minimum atomic E-state index is -0.00138. The van der Waals surface area contributed by atoms with Gasteiger partial charge in [0.25, 0.3) is 0 Å². The minimum Gasteiger partial charge on any atom is -0.352 e. The molecule has 1 aliphatic rings. The molecule has 0 atom stereocenters. The zero-order valence-electron chi connectivity index (χ0n) is 14.9. The fourth-order valence-corrected chi connectivity index (χ4v) is 3.82. The van der Waals surface area contributed by atoms with Crippen molar-refractivity contribution in [1.82, 2.24) is 14.8 Å². The lowest BCUT2D eigenvalue weighted by molar-refractivity contribution is -0.122. The SMILES string of the molecule is CN1CCC(NC(=O)Cn2c3ccccc3c(=O)c3ccccc32)CC1. The molecule has 26 heavy (non-hydrogen) atoms. The van der Waals surface area contributed by atoms with Gasteiger partial charge in [-0.25, -0.2) is 0 Å². The summed E-state index contributed by atoms with van der Waals surface area (Å²) in [5.74, 6) is -0.00138. The molecule has 5 nitrogen and oxygen atoms in total. The second-order valence-corrected chi connectivity index (χ2v) is 7.09. The van der Waals surface area contributed by atoms with E-state index >= 15 is 0 Å². The summed E-state index contributed by atoms with van der Waals surface area (Å²) in [5, 5.41) is 4.47. The van der Waals surface area contributed by atoms with Crippen LogP contribution in [-0.4, -0.2) is 41.6 Å². The van der Waals surface area contributed by atoms with Gasteiger partial charge >= 0.3 is 0 Å². The van der Waals surface area contributed by atoms with E-state index in [9.17, 15) is 9.59 Å². The molecule has 3 aromatic rings. The number of benzene rings is 2. The number of fused-ring (bicyclic) bond motifs is 2. The summed E-state index contributed by atoms with van der Waals surface area (Å²) in [7, 11) is 2.11. The highest BCUT2D eigenvalue weighted by Gasteiger charge is 2.19. The number of piperidine rings is 1. The van der Waals surface area contributed by atoms with Crippen molar-refractivity contribution in [2.75, 3.05) is 20.1 Å². The van der Waals surface area contributed by atoms with Gasteiger partial charge in [-0.05, 0) is 57.2 Å². The number of para-hydroxylation sites is 2. The molecule has 1 aliphatic heterocycles. The number of aromatic nitrogens is 1. The average Bonchev–Trinajstić information content (AvgIpc) is 2.67. The Morgan fingerprint density at radius 3 is 2.12 bits per heavy atom. The van der Waals surface area contributed by atoms with E-state index < -0.39 is 0 Å². The molecule has 0 aliphatic carbocycles. The monoisotopic (exact) mass is 349 g/mol. The van der Waals surface area contributed by atoms with Crippen LogP contribution in [0.4, 0.5) is 0 Å². The van der Waals surface area contributed by atoms with Crippen LogP contribution >= 0.6 is 0 Å². The second-order valence-electron chi connectivity index (χ2n) is 7.09. The van der Waals surface area contributed by atoms with E-state index in [1.54, 1.807) is 0 Å². The van der Waals surface area contributed by atoms with Gasteiger partial charge < -0.3 is 14.8 Å². The number of carbonyl (C=O) groups is 1. The van der Waals surface area contributed by atoms with E-state index in [1.165, 1.54) is 0 Å². The van der Waals surface area contributed by atoms with Crippen molar-refractivity contribution in [2.24, 2.45) is 0 Å². The van der Waals surface area contributed by atoms with E-state index in [-0.39, 0.29) is 23.9 Å². The minimum absolute atomic E-state index is 0.00138. The molecule has 1 aromatic heterocycles. The third-order valence-corrected chi connectivity index (χ3v) is 5.26. The van der Waals surface area contributed by atoms with Crippen molar-refractivity contribution in [3.8, 4) is 0 Å². The van der Waals surface area contributed by atoms with Crippen LogP contribution in [0.5, 0.6) is 0 Å². The summed E-state index contributed by atoms with van der Waals surface area (Å²) >= 11 is 0. The Kier molecular flexibility index (Phi) is 4.47. The lowest BCUT2D eigenvalue weighted by atomic mass is 10.1. The predicted octanol–water partition coefficient (Wildman–Crippen LogP) is 2.37. The third kappa shape index (κ3) is 3.10. The van der Waals surface area contributed by atoms with Crippen molar-refractivity contribution in [3.63, 3.8) is 0 Å². The van der Waals surface area contributed by atoms with Crippen molar-refractivity contribution >= 4 is 27.7 Å². The van der Waals surface area contributed by atoms with Crippen molar-refractivity contribution < 1.29 is 4.79 Å². The van der Waals surface area contributed by atoms with Crippen molar-refractivity contribution in [2.45, 2.75) is 25.4 Å². The highest BCUT2D eigenvalue weighted by molar-refractivity contribution is 5.94. The number of hydrogen-bond donors (Lipinski definition) is 1. The molecule has 134 valence electrons. The number of likely N-dealkylation sites (tertiary alicyclic amines) is 1.